The highest BCUT2D eigenvalue weighted by molar-refractivity contribution is 5.81. The summed E-state index contributed by atoms with van der Waals surface area (Å²) in [5, 5.41) is 0. The van der Waals surface area contributed by atoms with Crippen LogP contribution in [0.1, 0.15) is 48.9 Å². The van der Waals surface area contributed by atoms with Crippen LogP contribution >= 0.6 is 0 Å². The van der Waals surface area contributed by atoms with Gasteiger partial charge in [0.2, 0.25) is 0 Å². The van der Waals surface area contributed by atoms with Gasteiger partial charge in [-0.15, -0.1) is 0 Å². The third kappa shape index (κ3) is 5.55. The summed E-state index contributed by atoms with van der Waals surface area (Å²) in [7, 11) is 0. The van der Waals surface area contributed by atoms with Crippen LogP contribution in [-0.2, 0) is 24.0 Å². The highest BCUT2D eigenvalue weighted by Crippen LogP contribution is 2.28. The quantitative estimate of drug-likeness (QED) is 0.651. The normalized spacial score (nSPS) is 15.1. The first-order valence-electron chi connectivity index (χ1n) is 9.18. The van der Waals surface area contributed by atoms with Gasteiger partial charge in [-0.2, -0.15) is 13.2 Å². The van der Waals surface area contributed by atoms with Gasteiger partial charge in [-0.05, 0) is 43.0 Å². The number of Topliss-reactive ketones (excluding diaryl/α,β-unsaturated/α-hetero) is 1. The van der Waals surface area contributed by atoms with Crippen molar-refractivity contribution in [2.45, 2.75) is 51.3 Å². The Kier molecular flexibility index (Phi) is 6.14. The molecule has 0 atom stereocenters. The Bertz CT molecular complexity index is 748. The van der Waals surface area contributed by atoms with E-state index in [0.717, 1.165) is 43.7 Å². The molecule has 0 unspecified atom stereocenters. The standard InChI is InChI=1S/C21H22F3NO2/c22-21(23,24)20-12-8-16(13-25-20)14-27-18-9-5-15(6-10-18)7-11-19(26)17-3-1-2-4-17/h5-6,8-10,12-13,17H,1-4,7,11,14H2. The molecule has 0 aliphatic heterocycles. The summed E-state index contributed by atoms with van der Waals surface area (Å²) in [5.74, 6) is 1.24. The first kappa shape index (κ1) is 19.4. The summed E-state index contributed by atoms with van der Waals surface area (Å²) >= 11 is 0. The molecular formula is C21H22F3NO2. The molecule has 1 heterocycles. The number of hydrogen-bond donors (Lipinski definition) is 0. The van der Waals surface area contributed by atoms with Gasteiger partial charge in [-0.25, -0.2) is 0 Å². The largest absolute Gasteiger partial charge is 0.489 e. The molecule has 0 radical (unpaired) electrons. The molecule has 1 fully saturated rings. The molecule has 0 saturated heterocycles. The fourth-order valence-corrected chi connectivity index (χ4v) is 3.32. The highest BCUT2D eigenvalue weighted by atomic mass is 19.4. The van der Waals surface area contributed by atoms with E-state index in [9.17, 15) is 18.0 Å². The Hall–Kier alpha value is -2.37. The summed E-state index contributed by atoms with van der Waals surface area (Å²) in [6.07, 6.45) is 2.42. The van der Waals surface area contributed by atoms with Gasteiger partial charge >= 0.3 is 6.18 Å². The average Bonchev–Trinajstić information content (AvgIpc) is 3.20. The van der Waals surface area contributed by atoms with Crippen molar-refractivity contribution in [3.05, 3.63) is 59.4 Å². The van der Waals surface area contributed by atoms with E-state index in [4.69, 9.17) is 4.74 Å². The number of alkyl halides is 3. The van der Waals surface area contributed by atoms with Gasteiger partial charge in [0.05, 0.1) is 0 Å². The van der Waals surface area contributed by atoms with Gasteiger partial charge in [0.25, 0.3) is 0 Å². The third-order valence-corrected chi connectivity index (χ3v) is 4.91. The average molecular weight is 377 g/mol. The lowest BCUT2D eigenvalue weighted by atomic mass is 9.97. The zero-order valence-corrected chi connectivity index (χ0v) is 15.0. The lowest BCUT2D eigenvalue weighted by Crippen LogP contribution is -2.11. The van der Waals surface area contributed by atoms with E-state index in [0.29, 0.717) is 23.5 Å². The molecule has 1 aliphatic carbocycles. The van der Waals surface area contributed by atoms with Crippen molar-refractivity contribution < 1.29 is 22.7 Å². The number of hydrogen-bond acceptors (Lipinski definition) is 3. The number of carbonyl (C=O) groups excluding carboxylic acids is 1. The number of ether oxygens (including phenoxy) is 1. The van der Waals surface area contributed by atoms with Crippen LogP contribution in [0.15, 0.2) is 42.6 Å². The summed E-state index contributed by atoms with van der Waals surface area (Å²) in [4.78, 5) is 15.5. The smallest absolute Gasteiger partial charge is 0.433 e. The molecule has 1 aliphatic rings. The Morgan fingerprint density at radius 1 is 1.04 bits per heavy atom. The number of rotatable bonds is 7. The Morgan fingerprint density at radius 2 is 1.70 bits per heavy atom. The van der Waals surface area contributed by atoms with Crippen LogP contribution in [0.5, 0.6) is 5.75 Å². The minimum Gasteiger partial charge on any atom is -0.489 e. The fourth-order valence-electron chi connectivity index (χ4n) is 3.32. The molecule has 0 N–H and O–H groups in total. The molecule has 144 valence electrons. The lowest BCUT2D eigenvalue weighted by molar-refractivity contribution is -0.141. The second-order valence-electron chi connectivity index (χ2n) is 6.93. The number of pyridine rings is 1. The van der Waals surface area contributed by atoms with Crippen molar-refractivity contribution in [3.8, 4) is 5.75 Å². The van der Waals surface area contributed by atoms with E-state index in [1.807, 2.05) is 24.3 Å². The lowest BCUT2D eigenvalue weighted by Gasteiger charge is -2.10. The molecule has 6 heteroatoms. The highest BCUT2D eigenvalue weighted by Gasteiger charge is 2.32. The number of aryl methyl sites for hydroxylation is 1. The van der Waals surface area contributed by atoms with E-state index >= 15 is 0 Å². The van der Waals surface area contributed by atoms with Crippen molar-refractivity contribution in [1.29, 1.82) is 0 Å². The van der Waals surface area contributed by atoms with Crippen LogP contribution in [0.3, 0.4) is 0 Å². The van der Waals surface area contributed by atoms with Crippen LogP contribution in [-0.4, -0.2) is 10.8 Å². The van der Waals surface area contributed by atoms with Gasteiger partial charge in [0.1, 0.15) is 23.8 Å². The number of benzene rings is 1. The Balaban J connectivity index is 1.46. The van der Waals surface area contributed by atoms with Crippen molar-refractivity contribution in [2.75, 3.05) is 0 Å². The van der Waals surface area contributed by atoms with Crippen LogP contribution in [0.2, 0.25) is 0 Å². The first-order valence-corrected chi connectivity index (χ1v) is 9.18. The maximum atomic E-state index is 12.5. The van der Waals surface area contributed by atoms with Crippen molar-refractivity contribution in [1.82, 2.24) is 4.98 Å². The topological polar surface area (TPSA) is 39.2 Å². The first-order chi connectivity index (χ1) is 12.9. The van der Waals surface area contributed by atoms with Crippen molar-refractivity contribution in [3.63, 3.8) is 0 Å². The predicted octanol–water partition coefficient (Wildman–Crippen LogP) is 5.37. The maximum Gasteiger partial charge on any atom is 0.433 e. The van der Waals surface area contributed by atoms with Crippen LogP contribution in [0.4, 0.5) is 13.2 Å². The summed E-state index contributed by atoms with van der Waals surface area (Å²) in [6, 6.07) is 9.77. The molecule has 2 aromatic rings. The molecule has 1 aromatic heterocycles. The van der Waals surface area contributed by atoms with Crippen LogP contribution < -0.4 is 4.74 Å². The molecule has 0 amide bonds. The Labute approximate surface area is 156 Å². The molecule has 3 rings (SSSR count). The SMILES string of the molecule is O=C(CCc1ccc(OCc2ccc(C(F)(F)F)nc2)cc1)C1CCCC1. The van der Waals surface area contributed by atoms with E-state index in [2.05, 4.69) is 4.98 Å². The summed E-state index contributed by atoms with van der Waals surface area (Å²) < 4.78 is 43.1. The third-order valence-electron chi connectivity index (χ3n) is 4.91. The molecule has 27 heavy (non-hydrogen) atoms. The van der Waals surface area contributed by atoms with Crippen LogP contribution in [0, 0.1) is 5.92 Å². The van der Waals surface area contributed by atoms with E-state index in [-0.39, 0.29) is 12.5 Å². The maximum absolute atomic E-state index is 12.5. The number of nitrogens with zero attached hydrogens (tertiary/aromatic N) is 1. The molecule has 0 spiro atoms. The van der Waals surface area contributed by atoms with Gasteiger partial charge in [0, 0.05) is 24.1 Å². The van der Waals surface area contributed by atoms with Crippen molar-refractivity contribution in [2.24, 2.45) is 5.92 Å². The second kappa shape index (κ2) is 8.55. The van der Waals surface area contributed by atoms with Gasteiger partial charge in [-0.1, -0.05) is 31.0 Å². The zero-order valence-electron chi connectivity index (χ0n) is 15.0. The molecule has 1 saturated carbocycles. The summed E-state index contributed by atoms with van der Waals surface area (Å²) in [5.41, 5.74) is 0.724. The van der Waals surface area contributed by atoms with Gasteiger partial charge in [-0.3, -0.25) is 9.78 Å². The number of carbonyl (C=O) groups is 1. The molecular weight excluding hydrogens is 355 g/mol. The number of halogens is 3. The van der Waals surface area contributed by atoms with Gasteiger partial charge < -0.3 is 4.74 Å². The number of ketones is 1. The molecule has 0 bridgehead atoms. The van der Waals surface area contributed by atoms with Gasteiger partial charge in [0.15, 0.2) is 0 Å². The summed E-state index contributed by atoms with van der Waals surface area (Å²) in [6.45, 7) is 0.144. The Morgan fingerprint density at radius 3 is 2.30 bits per heavy atom. The fraction of sp³-hybridized carbons (Fsp3) is 0.429. The van der Waals surface area contributed by atoms with E-state index in [1.165, 1.54) is 12.3 Å². The molecule has 1 aromatic carbocycles. The minimum atomic E-state index is -4.44. The van der Waals surface area contributed by atoms with Crippen molar-refractivity contribution >= 4 is 5.78 Å². The predicted molar refractivity (Wildman–Crippen MR) is 95.3 cm³/mol. The van der Waals surface area contributed by atoms with E-state index < -0.39 is 11.9 Å². The molecule has 3 nitrogen and oxygen atoms in total. The zero-order chi connectivity index (χ0) is 19.3. The van der Waals surface area contributed by atoms with E-state index in [1.54, 1.807) is 0 Å². The minimum absolute atomic E-state index is 0.144. The second-order valence-corrected chi connectivity index (χ2v) is 6.93. The van der Waals surface area contributed by atoms with Crippen LogP contribution in [0.25, 0.3) is 0 Å². The monoisotopic (exact) mass is 377 g/mol. The number of aromatic nitrogens is 1.